The van der Waals surface area contributed by atoms with Gasteiger partial charge in [0.2, 0.25) is 0 Å². The van der Waals surface area contributed by atoms with Gasteiger partial charge in [-0.25, -0.2) is 29.9 Å². The largest absolute Gasteiger partial charge is 0.493 e. The van der Waals surface area contributed by atoms with E-state index in [1.165, 1.54) is 314 Å². The Morgan fingerprint density at radius 2 is 0.491 bits per heavy atom. The van der Waals surface area contributed by atoms with Crippen molar-refractivity contribution in [2.75, 3.05) is 13.2 Å². The first-order valence-electron chi connectivity index (χ1n) is 49.0. The van der Waals surface area contributed by atoms with Crippen LogP contribution >= 0.6 is 0 Å². The van der Waals surface area contributed by atoms with Crippen LogP contribution in [0.25, 0.3) is 101 Å². The molecular formula is C105H157N9O2. The van der Waals surface area contributed by atoms with E-state index in [2.05, 4.69) is 125 Å². The van der Waals surface area contributed by atoms with Crippen LogP contribution in [-0.4, -0.2) is 58.1 Å². The number of hydrogen-bond acceptors (Lipinski definition) is 9. The SMILES string of the molecule is CCCCCCCCCCc1ccc(CCCCCCCCCC)c2c1-c1nc-2nc2[nH]c(nc3nc(nc4[nH]c(n1)c1c(CCCCCCCCCC)ccc(CCCCCCCCCC)c41)-c1c(CCCCCCCCCC)ccc(CCCCCCCCCC)c1-3)c1c(OCCCC)c(-c3ccncc3)cc(OCCCC)c21. The van der Waals surface area contributed by atoms with Gasteiger partial charge >= 0.3 is 0 Å². The number of ether oxygens (including phenoxy) is 2. The maximum Gasteiger partial charge on any atom is 0.165 e. The van der Waals surface area contributed by atoms with Gasteiger partial charge in [-0.15, -0.1) is 0 Å². The zero-order valence-corrected chi connectivity index (χ0v) is 74.7. The number of aromatic amines is 2. The van der Waals surface area contributed by atoms with Gasteiger partial charge in [-0.05, 0) is 147 Å². The van der Waals surface area contributed by atoms with Gasteiger partial charge in [0.1, 0.15) is 34.1 Å². The first-order chi connectivity index (χ1) is 57.4. The van der Waals surface area contributed by atoms with Crippen molar-refractivity contribution >= 4 is 44.1 Å². The van der Waals surface area contributed by atoms with E-state index in [-0.39, 0.29) is 0 Å². The summed E-state index contributed by atoms with van der Waals surface area (Å²) >= 11 is 0. The highest BCUT2D eigenvalue weighted by atomic mass is 16.5. The maximum atomic E-state index is 7.37. The molecule has 0 saturated carbocycles. The van der Waals surface area contributed by atoms with Crippen molar-refractivity contribution in [3.8, 4) is 68.2 Å². The lowest BCUT2D eigenvalue weighted by atomic mass is 9.91. The lowest BCUT2D eigenvalue weighted by molar-refractivity contribution is 0.307. The monoisotopic (exact) mass is 1580 g/mol. The van der Waals surface area contributed by atoms with Gasteiger partial charge in [-0.3, -0.25) is 4.98 Å². The Labute approximate surface area is 703 Å². The van der Waals surface area contributed by atoms with Crippen molar-refractivity contribution in [3.05, 3.63) is 100 Å². The fourth-order valence-electron chi connectivity index (χ4n) is 18.3. The van der Waals surface area contributed by atoms with E-state index in [1.807, 2.05) is 12.4 Å². The summed E-state index contributed by atoms with van der Waals surface area (Å²) in [6.07, 6.45) is 73.8. The zero-order valence-electron chi connectivity index (χ0n) is 74.7. The van der Waals surface area contributed by atoms with Crippen LogP contribution in [0.15, 0.2) is 67.0 Å². The number of fused-ring (bicyclic) bond motifs is 20. The molecule has 0 saturated heterocycles. The van der Waals surface area contributed by atoms with Crippen molar-refractivity contribution in [2.24, 2.45) is 0 Å². The van der Waals surface area contributed by atoms with E-state index >= 15 is 0 Å². The molecule has 4 aromatic carbocycles. The van der Waals surface area contributed by atoms with Gasteiger partial charge in [-0.1, -0.05) is 374 Å². The number of rotatable bonds is 63. The predicted octanol–water partition coefficient (Wildman–Crippen LogP) is 32.4. The number of unbranched alkanes of at least 4 members (excludes halogenated alkanes) is 44. The Bertz CT molecular complexity index is 4320. The quantitative estimate of drug-likeness (QED) is 0.0357. The second-order valence-corrected chi connectivity index (χ2v) is 35.0. The lowest BCUT2D eigenvalue weighted by Gasteiger charge is -2.17. The second-order valence-electron chi connectivity index (χ2n) is 35.0. The third-order valence-corrected chi connectivity index (χ3v) is 25.3. The molecule has 2 aliphatic rings. The molecule has 8 aromatic rings. The standard InChI is InChI=1S/C105H157N9O2/c1-9-17-25-31-37-43-49-55-61-81-67-68-82(62-56-50-44-38-32-26-18-10-2)90-89(81)98-107-99(90)109-101-92-84(64-58-52-46-40-34-28-20-12-4)70-72-86(66-60-54-48-42-36-30-22-14-6)94(92)103(111-101)113-105-96-95(88(115-77-23-15-7)79-87(80-73-75-106-76-74-80)97(96)116-78-24-16-8)104(114-105)112-102-93-85(65-59-53-47-41-35-29-21-13-5)71-69-83(91(93)100(108-98)110-102)63-57-51-45-39-33-27-19-11-3/h67-76,79H,9-66,77-78H2,1-8H3,(H2,107,108,109,110,111,112,113,114). The number of pyridine rings is 1. The van der Waals surface area contributed by atoms with Crippen LogP contribution in [0.1, 0.15) is 423 Å². The summed E-state index contributed by atoms with van der Waals surface area (Å²) in [7, 11) is 0. The average molecular weight is 1580 g/mol. The molecule has 0 atom stereocenters. The van der Waals surface area contributed by atoms with E-state index in [1.54, 1.807) is 0 Å². The Hall–Kier alpha value is -7.01. The van der Waals surface area contributed by atoms with E-state index in [9.17, 15) is 0 Å². The molecule has 0 radical (unpaired) electrons. The second kappa shape index (κ2) is 52.8. The highest BCUT2D eigenvalue weighted by Crippen LogP contribution is 2.49. The summed E-state index contributed by atoms with van der Waals surface area (Å²) < 4.78 is 14.6. The lowest BCUT2D eigenvalue weighted by Crippen LogP contribution is -2.02. The number of aromatic nitrogens is 9. The molecule has 8 bridgehead atoms. The molecule has 0 amide bonds. The molecule has 0 aliphatic carbocycles. The molecule has 0 spiro atoms. The molecular weight excluding hydrogens is 1420 g/mol. The normalized spacial score (nSPS) is 12.0. The third-order valence-electron chi connectivity index (χ3n) is 25.3. The van der Waals surface area contributed by atoms with Crippen molar-refractivity contribution in [1.82, 2.24) is 44.9 Å². The fourth-order valence-corrected chi connectivity index (χ4v) is 18.3. The van der Waals surface area contributed by atoms with Crippen molar-refractivity contribution in [2.45, 2.75) is 428 Å². The van der Waals surface area contributed by atoms with Gasteiger partial charge in [0, 0.05) is 51.0 Å². The predicted molar refractivity (Wildman–Crippen MR) is 498 cm³/mol. The van der Waals surface area contributed by atoms with Crippen LogP contribution in [-0.2, 0) is 38.5 Å². The average Bonchev–Trinajstić information content (AvgIpc) is 1.57. The van der Waals surface area contributed by atoms with Crippen LogP contribution in [0, 0.1) is 0 Å². The summed E-state index contributed by atoms with van der Waals surface area (Å²) in [5.41, 5.74) is 17.3. The smallest absolute Gasteiger partial charge is 0.165 e. The summed E-state index contributed by atoms with van der Waals surface area (Å²) in [5.74, 6) is 4.33. The van der Waals surface area contributed by atoms with Crippen molar-refractivity contribution < 1.29 is 9.47 Å². The van der Waals surface area contributed by atoms with E-state index in [0.29, 0.717) is 36.2 Å². The number of H-pyrrole nitrogens is 2. The molecule has 11 heteroatoms. The Kier molecular flexibility index (Phi) is 41.6. The van der Waals surface area contributed by atoms with Gasteiger partial charge in [0.15, 0.2) is 23.3 Å². The maximum absolute atomic E-state index is 7.37. The molecule has 0 unspecified atom stereocenters. The van der Waals surface area contributed by atoms with Gasteiger partial charge in [0.25, 0.3) is 0 Å². The first-order valence-corrected chi connectivity index (χ1v) is 49.0. The van der Waals surface area contributed by atoms with Gasteiger partial charge < -0.3 is 19.4 Å². The Morgan fingerprint density at radius 1 is 0.241 bits per heavy atom. The zero-order chi connectivity index (χ0) is 81.0. The number of benzene rings is 4. The molecule has 11 nitrogen and oxygen atoms in total. The van der Waals surface area contributed by atoms with Crippen LogP contribution < -0.4 is 9.47 Å². The number of nitrogens with zero attached hydrogens (tertiary/aromatic N) is 7. The molecule has 10 rings (SSSR count). The summed E-state index contributed by atoms with van der Waals surface area (Å²) in [5, 5.41) is 4.08. The summed E-state index contributed by atoms with van der Waals surface area (Å²) in [6, 6.07) is 21.3. The van der Waals surface area contributed by atoms with E-state index in [4.69, 9.17) is 39.4 Å². The minimum atomic E-state index is 0.527. The summed E-state index contributed by atoms with van der Waals surface area (Å²) in [4.78, 5) is 49.4. The van der Waals surface area contributed by atoms with E-state index in [0.717, 1.165) is 181 Å². The molecule has 6 heterocycles. The number of aryl methyl sites for hydroxylation is 6. The van der Waals surface area contributed by atoms with E-state index < -0.39 is 0 Å². The molecule has 116 heavy (non-hydrogen) atoms. The van der Waals surface area contributed by atoms with Crippen molar-refractivity contribution in [1.29, 1.82) is 0 Å². The Balaban J connectivity index is 1.32. The van der Waals surface area contributed by atoms with Crippen LogP contribution in [0.2, 0.25) is 0 Å². The highest BCUT2D eigenvalue weighted by molar-refractivity contribution is 6.15. The molecule has 2 aliphatic heterocycles. The highest BCUT2D eigenvalue weighted by Gasteiger charge is 2.32. The first kappa shape index (κ1) is 91.3. The molecule has 0 fully saturated rings. The minimum absolute atomic E-state index is 0.527. The molecule has 2 N–H and O–H groups in total. The van der Waals surface area contributed by atoms with Crippen LogP contribution in [0.4, 0.5) is 0 Å². The molecule has 634 valence electrons. The fraction of sp³-hybridized carbons (Fsp3) is 0.648. The van der Waals surface area contributed by atoms with Gasteiger partial charge in [-0.2, -0.15) is 0 Å². The number of nitrogens with one attached hydrogen (secondary N) is 2. The van der Waals surface area contributed by atoms with Crippen LogP contribution in [0.3, 0.4) is 0 Å². The topological polar surface area (TPSA) is 140 Å². The molecule has 4 aromatic heterocycles. The summed E-state index contributed by atoms with van der Waals surface area (Å²) in [6.45, 7) is 19.5. The minimum Gasteiger partial charge on any atom is -0.493 e. The third kappa shape index (κ3) is 27.3. The van der Waals surface area contributed by atoms with Crippen LogP contribution in [0.5, 0.6) is 11.5 Å². The van der Waals surface area contributed by atoms with Crippen molar-refractivity contribution in [3.63, 3.8) is 0 Å². The van der Waals surface area contributed by atoms with Gasteiger partial charge in [0.05, 0.1) is 24.0 Å². The Morgan fingerprint density at radius 3 is 0.793 bits per heavy atom. The number of hydrogen-bond donors (Lipinski definition) is 2.